The molecular formula is C33H25FN4O2. The summed E-state index contributed by atoms with van der Waals surface area (Å²) in [6.45, 7) is 2.17. The Hall–Kier alpha value is -5.30. The Balaban J connectivity index is 1.32. The average Bonchev–Trinajstić information content (AvgIpc) is 3.55. The van der Waals surface area contributed by atoms with Crippen LogP contribution in [0.1, 0.15) is 18.1 Å². The van der Waals surface area contributed by atoms with Crippen LogP contribution >= 0.6 is 0 Å². The number of aromatic nitrogens is 2. The fourth-order valence-corrected chi connectivity index (χ4v) is 4.47. The SMILES string of the molecule is CC1=NN(c2ccccc2)C(=O)/C1=C\c1cn(-c2ccccc2)nc1-c1ccc(OCc2ccc(F)cc2)cc1. The highest BCUT2D eigenvalue weighted by molar-refractivity contribution is 6.32. The highest BCUT2D eigenvalue weighted by Crippen LogP contribution is 2.30. The second-order valence-corrected chi connectivity index (χ2v) is 9.35. The van der Waals surface area contributed by atoms with Crippen LogP contribution in [0, 0.1) is 5.82 Å². The number of anilines is 1. The molecule has 1 aromatic heterocycles. The number of amides is 1. The molecule has 0 atom stereocenters. The number of hydrogen-bond acceptors (Lipinski definition) is 4. The molecule has 7 heteroatoms. The number of carbonyl (C=O) groups is 1. The minimum absolute atomic E-state index is 0.188. The number of hydrogen-bond donors (Lipinski definition) is 0. The predicted molar refractivity (Wildman–Crippen MR) is 155 cm³/mol. The molecule has 0 bridgehead atoms. The molecule has 0 saturated carbocycles. The third-order valence-electron chi connectivity index (χ3n) is 6.57. The number of para-hydroxylation sites is 2. The molecule has 4 aromatic carbocycles. The highest BCUT2D eigenvalue weighted by atomic mass is 19.1. The van der Waals surface area contributed by atoms with E-state index in [1.807, 2.05) is 109 Å². The summed E-state index contributed by atoms with van der Waals surface area (Å²) in [5.41, 5.74) is 6.03. The Morgan fingerprint density at radius 1 is 0.825 bits per heavy atom. The molecule has 1 aliphatic rings. The maximum absolute atomic E-state index is 13.4. The lowest BCUT2D eigenvalue weighted by molar-refractivity contribution is -0.114. The number of halogens is 1. The molecule has 0 aliphatic carbocycles. The van der Waals surface area contributed by atoms with Gasteiger partial charge in [0, 0.05) is 17.3 Å². The summed E-state index contributed by atoms with van der Waals surface area (Å²) in [4.78, 5) is 13.4. The van der Waals surface area contributed by atoms with Gasteiger partial charge in [-0.15, -0.1) is 0 Å². The molecular weight excluding hydrogens is 503 g/mol. The topological polar surface area (TPSA) is 59.7 Å². The van der Waals surface area contributed by atoms with Crippen LogP contribution in [-0.4, -0.2) is 21.4 Å². The summed E-state index contributed by atoms with van der Waals surface area (Å²) in [5, 5.41) is 10.8. The van der Waals surface area contributed by atoms with Crippen molar-refractivity contribution in [3.05, 3.63) is 138 Å². The van der Waals surface area contributed by atoms with Crippen molar-refractivity contribution < 1.29 is 13.9 Å². The Morgan fingerprint density at radius 2 is 1.48 bits per heavy atom. The lowest BCUT2D eigenvalue weighted by Crippen LogP contribution is -2.21. The van der Waals surface area contributed by atoms with Gasteiger partial charge in [-0.2, -0.15) is 15.2 Å². The van der Waals surface area contributed by atoms with Gasteiger partial charge in [-0.1, -0.05) is 48.5 Å². The Morgan fingerprint density at radius 3 is 2.15 bits per heavy atom. The van der Waals surface area contributed by atoms with Crippen molar-refractivity contribution in [1.82, 2.24) is 9.78 Å². The predicted octanol–water partition coefficient (Wildman–Crippen LogP) is 7.06. The van der Waals surface area contributed by atoms with Crippen LogP contribution in [0.2, 0.25) is 0 Å². The maximum atomic E-state index is 13.4. The summed E-state index contributed by atoms with van der Waals surface area (Å²) >= 11 is 0. The van der Waals surface area contributed by atoms with Crippen LogP contribution in [0.3, 0.4) is 0 Å². The highest BCUT2D eigenvalue weighted by Gasteiger charge is 2.29. The number of hydrazone groups is 1. The van der Waals surface area contributed by atoms with Gasteiger partial charge in [0.15, 0.2) is 0 Å². The molecule has 0 radical (unpaired) electrons. The second-order valence-electron chi connectivity index (χ2n) is 9.35. The van der Waals surface area contributed by atoms with Crippen LogP contribution in [0.4, 0.5) is 10.1 Å². The van der Waals surface area contributed by atoms with Crippen LogP contribution in [0.5, 0.6) is 5.75 Å². The lowest BCUT2D eigenvalue weighted by Gasteiger charge is -2.11. The monoisotopic (exact) mass is 528 g/mol. The summed E-state index contributed by atoms with van der Waals surface area (Å²) in [5.74, 6) is 0.219. The molecule has 2 heterocycles. The van der Waals surface area contributed by atoms with Gasteiger partial charge < -0.3 is 4.74 Å². The lowest BCUT2D eigenvalue weighted by atomic mass is 10.0. The van der Waals surface area contributed by atoms with Gasteiger partial charge >= 0.3 is 0 Å². The summed E-state index contributed by atoms with van der Waals surface area (Å²) in [6.07, 6.45) is 3.77. The third kappa shape index (κ3) is 5.17. The van der Waals surface area contributed by atoms with Gasteiger partial charge in [-0.05, 0) is 79.2 Å². The summed E-state index contributed by atoms with van der Waals surface area (Å²) in [6, 6.07) is 33.1. The van der Waals surface area contributed by atoms with E-state index in [0.29, 0.717) is 29.3 Å². The van der Waals surface area contributed by atoms with Crippen molar-refractivity contribution in [1.29, 1.82) is 0 Å². The zero-order valence-electron chi connectivity index (χ0n) is 21.7. The van der Waals surface area contributed by atoms with E-state index in [4.69, 9.17) is 9.84 Å². The Labute approximate surface area is 231 Å². The molecule has 40 heavy (non-hydrogen) atoms. The van der Waals surface area contributed by atoms with Gasteiger partial charge in [-0.3, -0.25) is 4.79 Å². The molecule has 1 aliphatic heterocycles. The Kier molecular flexibility index (Phi) is 6.77. The van der Waals surface area contributed by atoms with Crippen LogP contribution in [-0.2, 0) is 11.4 Å². The van der Waals surface area contributed by atoms with Gasteiger partial charge in [0.25, 0.3) is 5.91 Å². The quantitative estimate of drug-likeness (QED) is 0.213. The molecule has 5 aromatic rings. The average molecular weight is 529 g/mol. The first-order chi connectivity index (χ1) is 19.5. The third-order valence-corrected chi connectivity index (χ3v) is 6.57. The summed E-state index contributed by atoms with van der Waals surface area (Å²) < 4.78 is 20.9. The van der Waals surface area contributed by atoms with Gasteiger partial charge in [0.2, 0.25) is 0 Å². The van der Waals surface area contributed by atoms with E-state index < -0.39 is 0 Å². The normalized spacial score (nSPS) is 14.1. The van der Waals surface area contributed by atoms with Crippen molar-refractivity contribution in [3.8, 4) is 22.7 Å². The molecule has 6 rings (SSSR count). The van der Waals surface area contributed by atoms with E-state index in [-0.39, 0.29) is 11.7 Å². The zero-order valence-corrected chi connectivity index (χ0v) is 21.7. The standard InChI is InChI=1S/C33H25FN4O2/c1-23-31(33(39)38(35-23)29-10-6-3-7-11-29)20-26-21-37(28-8-4-2-5-9-28)36-32(26)25-14-18-30(19-15-25)40-22-24-12-16-27(34)17-13-24/h2-21H,22H2,1H3/b31-20-. The fourth-order valence-electron chi connectivity index (χ4n) is 4.47. The van der Waals surface area contributed by atoms with Crippen molar-refractivity contribution >= 4 is 23.4 Å². The van der Waals surface area contributed by atoms with E-state index in [9.17, 15) is 9.18 Å². The number of ether oxygens (including phenoxy) is 1. The largest absolute Gasteiger partial charge is 0.489 e. The zero-order chi connectivity index (χ0) is 27.5. The molecule has 0 N–H and O–H groups in total. The molecule has 1 amide bonds. The van der Waals surface area contributed by atoms with Crippen LogP contribution < -0.4 is 9.75 Å². The number of carbonyl (C=O) groups excluding carboxylic acids is 1. The van der Waals surface area contributed by atoms with Gasteiger partial charge in [0.05, 0.1) is 28.4 Å². The first-order valence-corrected chi connectivity index (χ1v) is 12.8. The maximum Gasteiger partial charge on any atom is 0.280 e. The number of rotatable bonds is 7. The molecule has 0 fully saturated rings. The second kappa shape index (κ2) is 10.8. The first kappa shape index (κ1) is 25.0. The van der Waals surface area contributed by atoms with Gasteiger partial charge in [-0.25, -0.2) is 9.07 Å². The first-order valence-electron chi connectivity index (χ1n) is 12.8. The van der Waals surface area contributed by atoms with E-state index >= 15 is 0 Å². The minimum Gasteiger partial charge on any atom is -0.489 e. The molecule has 0 spiro atoms. The molecule has 6 nitrogen and oxygen atoms in total. The van der Waals surface area contributed by atoms with Gasteiger partial charge in [0.1, 0.15) is 18.2 Å². The Bertz CT molecular complexity index is 1710. The van der Waals surface area contributed by atoms with E-state index in [1.165, 1.54) is 17.1 Å². The minimum atomic E-state index is -0.276. The van der Waals surface area contributed by atoms with Crippen molar-refractivity contribution in [3.63, 3.8) is 0 Å². The van der Waals surface area contributed by atoms with Crippen molar-refractivity contribution in [2.75, 3.05) is 5.01 Å². The van der Waals surface area contributed by atoms with E-state index in [1.54, 1.807) is 12.1 Å². The fraction of sp³-hybridized carbons (Fsp3) is 0.0606. The molecule has 0 saturated heterocycles. The molecule has 0 unspecified atom stereocenters. The smallest absolute Gasteiger partial charge is 0.280 e. The van der Waals surface area contributed by atoms with E-state index in [2.05, 4.69) is 5.10 Å². The van der Waals surface area contributed by atoms with E-state index in [0.717, 1.165) is 28.1 Å². The summed E-state index contributed by atoms with van der Waals surface area (Å²) in [7, 11) is 0. The number of nitrogens with zero attached hydrogens (tertiary/aromatic N) is 4. The molecule has 196 valence electrons. The van der Waals surface area contributed by atoms with Crippen LogP contribution in [0.25, 0.3) is 23.0 Å². The van der Waals surface area contributed by atoms with Crippen LogP contribution in [0.15, 0.2) is 126 Å². The van der Waals surface area contributed by atoms with Crippen molar-refractivity contribution in [2.24, 2.45) is 5.10 Å². The number of benzene rings is 4. The van der Waals surface area contributed by atoms with Crippen molar-refractivity contribution in [2.45, 2.75) is 13.5 Å².